The van der Waals surface area contributed by atoms with Gasteiger partial charge in [0.1, 0.15) is 12.1 Å². The van der Waals surface area contributed by atoms with Crippen molar-refractivity contribution in [2.45, 2.75) is 38.6 Å². The normalized spacial score (nSPS) is 35.2. The molecule has 122 valence electrons. The van der Waals surface area contributed by atoms with E-state index in [2.05, 4.69) is 12.2 Å². The Labute approximate surface area is 130 Å². The maximum Gasteiger partial charge on any atom is 0.325 e. The third-order valence-electron chi connectivity index (χ3n) is 5.39. The number of nitrogens with zero attached hydrogens (tertiary/aromatic N) is 2. The molecule has 0 aromatic rings. The van der Waals surface area contributed by atoms with Gasteiger partial charge in [-0.15, -0.1) is 0 Å². The highest BCUT2D eigenvalue weighted by molar-refractivity contribution is 6.09. The molecule has 4 amide bonds. The molecule has 2 unspecified atom stereocenters. The average Bonchev–Trinajstić information content (AvgIpc) is 3.23. The van der Waals surface area contributed by atoms with Gasteiger partial charge in [0.05, 0.1) is 0 Å². The lowest BCUT2D eigenvalue weighted by atomic mass is 9.90. The SMILES string of the molecule is CC1(CN)CCN(C(=O)CN2C(=O)NC(C)(C3CC3)C2=O)C1. The van der Waals surface area contributed by atoms with Gasteiger partial charge in [-0.3, -0.25) is 14.5 Å². The second-order valence-electron chi connectivity index (χ2n) is 7.38. The van der Waals surface area contributed by atoms with Crippen LogP contribution in [0.4, 0.5) is 4.79 Å². The summed E-state index contributed by atoms with van der Waals surface area (Å²) in [7, 11) is 0. The molecule has 3 aliphatic rings. The highest BCUT2D eigenvalue weighted by Crippen LogP contribution is 2.42. The third-order valence-corrected chi connectivity index (χ3v) is 5.39. The molecular formula is C15H24N4O3. The third kappa shape index (κ3) is 2.37. The number of hydrogen-bond acceptors (Lipinski definition) is 4. The smallest absolute Gasteiger partial charge is 0.325 e. The van der Waals surface area contributed by atoms with Crippen LogP contribution >= 0.6 is 0 Å². The second kappa shape index (κ2) is 4.94. The minimum absolute atomic E-state index is 0.0601. The van der Waals surface area contributed by atoms with Gasteiger partial charge in [-0.2, -0.15) is 0 Å². The Bertz CT molecular complexity index is 533. The molecule has 2 atom stereocenters. The van der Waals surface area contributed by atoms with Crippen LogP contribution in [0.3, 0.4) is 0 Å². The number of rotatable bonds is 4. The Morgan fingerprint density at radius 1 is 1.36 bits per heavy atom. The van der Waals surface area contributed by atoms with Gasteiger partial charge in [0.25, 0.3) is 5.91 Å². The maximum atomic E-state index is 12.5. The number of imide groups is 1. The molecule has 2 heterocycles. The summed E-state index contributed by atoms with van der Waals surface area (Å²) >= 11 is 0. The molecule has 2 aliphatic heterocycles. The summed E-state index contributed by atoms with van der Waals surface area (Å²) in [4.78, 5) is 39.8. The van der Waals surface area contributed by atoms with Crippen molar-refractivity contribution in [2.24, 2.45) is 17.1 Å². The molecule has 3 rings (SSSR count). The number of hydrogen-bond donors (Lipinski definition) is 2. The number of carbonyl (C=O) groups excluding carboxylic acids is 3. The standard InChI is InChI=1S/C15H24N4O3/c1-14(8-16)5-6-18(9-14)11(20)7-19-12(21)15(2,10-3-4-10)17-13(19)22/h10H,3-9,16H2,1-2H3,(H,17,22). The Balaban J connectivity index is 1.65. The van der Waals surface area contributed by atoms with Crippen LogP contribution in [0.2, 0.25) is 0 Å². The van der Waals surface area contributed by atoms with E-state index in [0.717, 1.165) is 24.2 Å². The van der Waals surface area contributed by atoms with E-state index in [9.17, 15) is 14.4 Å². The number of nitrogens with one attached hydrogen (secondary N) is 1. The van der Waals surface area contributed by atoms with Crippen LogP contribution < -0.4 is 11.1 Å². The number of urea groups is 1. The van der Waals surface area contributed by atoms with E-state index in [4.69, 9.17) is 5.73 Å². The first-order chi connectivity index (χ1) is 10.3. The minimum Gasteiger partial charge on any atom is -0.341 e. The quantitative estimate of drug-likeness (QED) is 0.709. The Morgan fingerprint density at radius 2 is 2.05 bits per heavy atom. The van der Waals surface area contributed by atoms with Crippen LogP contribution in [0, 0.1) is 11.3 Å². The summed E-state index contributed by atoms with van der Waals surface area (Å²) in [5, 5.41) is 2.76. The first kappa shape index (κ1) is 15.3. The zero-order valence-electron chi connectivity index (χ0n) is 13.2. The van der Waals surface area contributed by atoms with Crippen LogP contribution in [-0.4, -0.2) is 59.4 Å². The Morgan fingerprint density at radius 3 is 2.59 bits per heavy atom. The molecular weight excluding hydrogens is 284 g/mol. The van der Waals surface area contributed by atoms with Crippen molar-refractivity contribution >= 4 is 17.8 Å². The van der Waals surface area contributed by atoms with Gasteiger partial charge >= 0.3 is 6.03 Å². The van der Waals surface area contributed by atoms with Crippen molar-refractivity contribution < 1.29 is 14.4 Å². The Hall–Kier alpha value is -1.63. The minimum atomic E-state index is -0.825. The lowest BCUT2D eigenvalue weighted by Gasteiger charge is -2.24. The predicted molar refractivity (Wildman–Crippen MR) is 79.7 cm³/mol. The zero-order valence-corrected chi connectivity index (χ0v) is 13.2. The zero-order chi connectivity index (χ0) is 16.1. The summed E-state index contributed by atoms with van der Waals surface area (Å²) in [6.07, 6.45) is 2.76. The van der Waals surface area contributed by atoms with E-state index in [0.29, 0.717) is 19.6 Å². The van der Waals surface area contributed by atoms with E-state index in [1.165, 1.54) is 0 Å². The molecule has 3 fully saturated rings. The van der Waals surface area contributed by atoms with E-state index < -0.39 is 11.6 Å². The van der Waals surface area contributed by atoms with Gasteiger partial charge < -0.3 is 16.0 Å². The molecule has 7 heteroatoms. The van der Waals surface area contributed by atoms with E-state index in [-0.39, 0.29) is 29.7 Å². The van der Waals surface area contributed by atoms with Gasteiger partial charge in [-0.25, -0.2) is 4.79 Å². The highest BCUT2D eigenvalue weighted by atomic mass is 16.2. The van der Waals surface area contributed by atoms with Crippen molar-refractivity contribution in [1.29, 1.82) is 0 Å². The van der Waals surface area contributed by atoms with E-state index in [1.807, 2.05) is 0 Å². The summed E-state index contributed by atoms with van der Waals surface area (Å²) in [5.74, 6) is -0.244. The lowest BCUT2D eigenvalue weighted by Crippen LogP contribution is -2.47. The number of likely N-dealkylation sites (tertiary alicyclic amines) is 1. The molecule has 0 aromatic heterocycles. The fourth-order valence-electron chi connectivity index (χ4n) is 3.44. The molecule has 2 saturated heterocycles. The van der Waals surface area contributed by atoms with Gasteiger partial charge in [0.15, 0.2) is 0 Å². The molecule has 1 saturated carbocycles. The van der Waals surface area contributed by atoms with Crippen LogP contribution in [0.1, 0.15) is 33.1 Å². The van der Waals surface area contributed by atoms with Gasteiger partial charge in [0.2, 0.25) is 5.91 Å². The van der Waals surface area contributed by atoms with Crippen LogP contribution in [0.5, 0.6) is 0 Å². The van der Waals surface area contributed by atoms with Gasteiger partial charge in [-0.1, -0.05) is 6.92 Å². The molecule has 7 nitrogen and oxygen atoms in total. The molecule has 1 aliphatic carbocycles. The van der Waals surface area contributed by atoms with Gasteiger partial charge in [-0.05, 0) is 44.1 Å². The number of amides is 4. The summed E-state index contributed by atoms with van der Waals surface area (Å²) in [5.41, 5.74) is 4.86. The predicted octanol–water partition coefficient (Wildman–Crippen LogP) is -0.0958. The van der Waals surface area contributed by atoms with Crippen molar-refractivity contribution in [3.05, 3.63) is 0 Å². The summed E-state index contributed by atoms with van der Waals surface area (Å²) in [6, 6.07) is -0.450. The van der Waals surface area contributed by atoms with Crippen molar-refractivity contribution in [1.82, 2.24) is 15.1 Å². The topological polar surface area (TPSA) is 95.7 Å². The van der Waals surface area contributed by atoms with Gasteiger partial charge in [0, 0.05) is 13.1 Å². The maximum absolute atomic E-state index is 12.5. The Kier molecular flexibility index (Phi) is 3.43. The van der Waals surface area contributed by atoms with E-state index in [1.54, 1.807) is 11.8 Å². The molecule has 3 N–H and O–H groups in total. The van der Waals surface area contributed by atoms with Crippen LogP contribution in [0.25, 0.3) is 0 Å². The largest absolute Gasteiger partial charge is 0.341 e. The molecule has 22 heavy (non-hydrogen) atoms. The monoisotopic (exact) mass is 308 g/mol. The van der Waals surface area contributed by atoms with E-state index >= 15 is 0 Å². The lowest BCUT2D eigenvalue weighted by molar-refractivity contribution is -0.138. The van der Waals surface area contributed by atoms with Crippen LogP contribution in [0.15, 0.2) is 0 Å². The molecule has 0 bridgehead atoms. The highest BCUT2D eigenvalue weighted by Gasteiger charge is 2.56. The van der Waals surface area contributed by atoms with Crippen LogP contribution in [-0.2, 0) is 9.59 Å². The first-order valence-corrected chi connectivity index (χ1v) is 7.91. The fourth-order valence-corrected chi connectivity index (χ4v) is 3.44. The summed E-state index contributed by atoms with van der Waals surface area (Å²) < 4.78 is 0. The molecule has 0 aromatic carbocycles. The second-order valence-corrected chi connectivity index (χ2v) is 7.38. The van der Waals surface area contributed by atoms with Crippen molar-refractivity contribution in [3.8, 4) is 0 Å². The molecule has 0 spiro atoms. The number of nitrogens with two attached hydrogens (primary N) is 1. The summed E-state index contributed by atoms with van der Waals surface area (Å²) in [6.45, 7) is 5.39. The first-order valence-electron chi connectivity index (χ1n) is 7.91. The molecule has 0 radical (unpaired) electrons. The number of carbonyl (C=O) groups is 3. The van der Waals surface area contributed by atoms with Crippen molar-refractivity contribution in [3.63, 3.8) is 0 Å². The van der Waals surface area contributed by atoms with Crippen molar-refractivity contribution in [2.75, 3.05) is 26.2 Å². The fraction of sp³-hybridized carbons (Fsp3) is 0.800. The average molecular weight is 308 g/mol.